The minimum Gasteiger partial charge on any atom is -0.303 e. The number of nitrogens with zero attached hydrogens (tertiary/aromatic N) is 4. The molecule has 4 nitrogen and oxygen atoms in total. The summed E-state index contributed by atoms with van der Waals surface area (Å²) in [5.74, 6) is -0.0277. The van der Waals surface area contributed by atoms with Crippen molar-refractivity contribution in [3.05, 3.63) is 0 Å². The minimum atomic E-state index is -0.0277. The summed E-state index contributed by atoms with van der Waals surface area (Å²) in [5, 5.41) is 0. The zero-order valence-corrected chi connectivity index (χ0v) is 12.9. The summed E-state index contributed by atoms with van der Waals surface area (Å²) in [6.07, 6.45) is 0. The van der Waals surface area contributed by atoms with Crippen LogP contribution in [0.3, 0.4) is 0 Å². The number of rotatable bonds is 1. The maximum absolute atomic E-state index is 2.47. The molecule has 0 spiro atoms. The van der Waals surface area contributed by atoms with Gasteiger partial charge in [0.1, 0.15) is 5.79 Å². The second-order valence-corrected chi connectivity index (χ2v) is 6.01. The molecule has 2 unspecified atom stereocenters. The molecule has 0 bridgehead atoms. The van der Waals surface area contributed by atoms with Crippen LogP contribution in [0.5, 0.6) is 0 Å². The second-order valence-electron chi connectivity index (χ2n) is 6.01. The molecule has 1 heterocycles. The van der Waals surface area contributed by atoms with E-state index in [1.807, 2.05) is 0 Å². The maximum Gasteiger partial charge on any atom is 0.127 e. The first-order valence-electron chi connectivity index (χ1n) is 6.53. The van der Waals surface area contributed by atoms with Gasteiger partial charge >= 0.3 is 0 Å². The first-order valence-corrected chi connectivity index (χ1v) is 6.53. The van der Waals surface area contributed by atoms with E-state index in [1.165, 1.54) is 0 Å². The first kappa shape index (κ1) is 14.9. The van der Waals surface area contributed by atoms with Crippen molar-refractivity contribution in [3.8, 4) is 0 Å². The molecule has 1 aliphatic heterocycles. The lowest BCUT2D eigenvalue weighted by molar-refractivity contribution is -0.160. The van der Waals surface area contributed by atoms with Gasteiger partial charge in [0.25, 0.3) is 0 Å². The largest absolute Gasteiger partial charge is 0.303 e. The molecule has 1 fully saturated rings. The zero-order chi connectivity index (χ0) is 13.4. The van der Waals surface area contributed by atoms with E-state index in [2.05, 4.69) is 75.6 Å². The standard InChI is InChI=1S/C13H30N4/c1-11-9-15(6)10-12(2)17(8)13(3,14(4)5)16(11)7/h11-12H,9-10H2,1-8H3. The van der Waals surface area contributed by atoms with Gasteiger partial charge in [-0.3, -0.25) is 14.7 Å². The number of hydrogen-bond donors (Lipinski definition) is 0. The third kappa shape index (κ3) is 2.65. The van der Waals surface area contributed by atoms with E-state index in [1.54, 1.807) is 0 Å². The van der Waals surface area contributed by atoms with Crippen LogP contribution in [0, 0.1) is 0 Å². The van der Waals surface area contributed by atoms with E-state index in [0.717, 1.165) is 13.1 Å². The zero-order valence-electron chi connectivity index (χ0n) is 12.9. The van der Waals surface area contributed by atoms with Gasteiger partial charge in [0, 0.05) is 25.2 Å². The minimum absolute atomic E-state index is 0.0277. The highest BCUT2D eigenvalue weighted by Gasteiger charge is 2.42. The molecule has 2 atom stereocenters. The van der Waals surface area contributed by atoms with Crippen LogP contribution in [0.1, 0.15) is 20.8 Å². The molecule has 0 aromatic heterocycles. The first-order chi connectivity index (χ1) is 7.71. The maximum atomic E-state index is 2.47. The highest BCUT2D eigenvalue weighted by Crippen LogP contribution is 2.26. The van der Waals surface area contributed by atoms with E-state index in [-0.39, 0.29) is 5.79 Å². The van der Waals surface area contributed by atoms with Crippen LogP contribution >= 0.6 is 0 Å². The Bertz CT molecular complexity index is 236. The number of likely N-dealkylation sites (N-methyl/N-ethyl adjacent to an activating group) is 3. The average Bonchev–Trinajstić information content (AvgIpc) is 2.24. The Morgan fingerprint density at radius 2 is 1.29 bits per heavy atom. The fourth-order valence-corrected chi connectivity index (χ4v) is 2.94. The van der Waals surface area contributed by atoms with Gasteiger partial charge in [-0.15, -0.1) is 0 Å². The second kappa shape index (κ2) is 5.22. The Labute approximate surface area is 107 Å². The monoisotopic (exact) mass is 242 g/mol. The molecule has 0 N–H and O–H groups in total. The van der Waals surface area contributed by atoms with E-state index >= 15 is 0 Å². The van der Waals surface area contributed by atoms with Crippen molar-refractivity contribution < 1.29 is 0 Å². The molecule has 17 heavy (non-hydrogen) atoms. The van der Waals surface area contributed by atoms with Crippen LogP contribution in [0.4, 0.5) is 0 Å². The normalized spacial score (nSPS) is 39.4. The predicted octanol–water partition coefficient (Wildman–Crippen LogP) is 0.808. The van der Waals surface area contributed by atoms with Gasteiger partial charge in [-0.05, 0) is 56.0 Å². The van der Waals surface area contributed by atoms with Crippen molar-refractivity contribution in [2.24, 2.45) is 0 Å². The van der Waals surface area contributed by atoms with Gasteiger partial charge in [0.15, 0.2) is 0 Å². The van der Waals surface area contributed by atoms with Gasteiger partial charge in [-0.1, -0.05) is 0 Å². The molecule has 0 aliphatic carbocycles. The fourth-order valence-electron chi connectivity index (χ4n) is 2.94. The van der Waals surface area contributed by atoms with E-state index < -0.39 is 0 Å². The molecule has 0 saturated carbocycles. The molecular weight excluding hydrogens is 212 g/mol. The van der Waals surface area contributed by atoms with Crippen LogP contribution in [0.2, 0.25) is 0 Å². The van der Waals surface area contributed by atoms with Gasteiger partial charge < -0.3 is 4.90 Å². The summed E-state index contributed by atoms with van der Waals surface area (Å²) >= 11 is 0. The van der Waals surface area contributed by atoms with Crippen molar-refractivity contribution in [1.82, 2.24) is 19.6 Å². The smallest absolute Gasteiger partial charge is 0.127 e. The van der Waals surface area contributed by atoms with E-state index in [9.17, 15) is 0 Å². The van der Waals surface area contributed by atoms with Gasteiger partial charge in [-0.2, -0.15) is 0 Å². The lowest BCUT2D eigenvalue weighted by Crippen LogP contribution is -2.71. The van der Waals surface area contributed by atoms with Crippen LogP contribution < -0.4 is 0 Å². The molecule has 0 radical (unpaired) electrons. The molecule has 0 amide bonds. The summed E-state index contributed by atoms with van der Waals surface area (Å²) in [6, 6.07) is 1.09. The SMILES string of the molecule is CC1CN(C)CC(C)N(C)C(C)(N(C)C)N1C. The third-order valence-corrected chi connectivity index (χ3v) is 4.66. The number of hydrogen-bond acceptors (Lipinski definition) is 4. The van der Waals surface area contributed by atoms with Gasteiger partial charge in [0.2, 0.25) is 0 Å². The molecule has 0 aromatic carbocycles. The predicted molar refractivity (Wildman–Crippen MR) is 74.0 cm³/mol. The molecular formula is C13H30N4. The molecule has 1 saturated heterocycles. The quantitative estimate of drug-likeness (QED) is 0.674. The Kier molecular flexibility index (Phi) is 4.58. The van der Waals surface area contributed by atoms with Crippen molar-refractivity contribution in [2.75, 3.05) is 48.3 Å². The highest BCUT2D eigenvalue weighted by atomic mass is 15.6. The average molecular weight is 242 g/mol. The summed E-state index contributed by atoms with van der Waals surface area (Å²) in [4.78, 5) is 9.68. The lowest BCUT2D eigenvalue weighted by Gasteiger charge is -2.56. The fraction of sp³-hybridized carbons (Fsp3) is 1.00. The molecule has 102 valence electrons. The topological polar surface area (TPSA) is 13.0 Å². The molecule has 1 aliphatic rings. The van der Waals surface area contributed by atoms with E-state index in [4.69, 9.17) is 0 Å². The Morgan fingerprint density at radius 3 is 1.59 bits per heavy atom. The molecule has 4 heteroatoms. The van der Waals surface area contributed by atoms with Crippen LogP contribution in [-0.4, -0.2) is 85.8 Å². The van der Waals surface area contributed by atoms with Crippen molar-refractivity contribution in [2.45, 2.75) is 38.6 Å². The van der Waals surface area contributed by atoms with Gasteiger partial charge in [-0.25, -0.2) is 0 Å². The highest BCUT2D eigenvalue weighted by molar-refractivity contribution is 4.90. The third-order valence-electron chi connectivity index (χ3n) is 4.66. The Morgan fingerprint density at radius 1 is 0.941 bits per heavy atom. The Hall–Kier alpha value is -0.160. The lowest BCUT2D eigenvalue weighted by atomic mass is 10.1. The summed E-state index contributed by atoms with van der Waals surface area (Å²) in [5.41, 5.74) is 0. The molecule has 1 rings (SSSR count). The summed E-state index contributed by atoms with van der Waals surface area (Å²) in [7, 11) is 11.0. The van der Waals surface area contributed by atoms with Crippen LogP contribution in [-0.2, 0) is 0 Å². The van der Waals surface area contributed by atoms with Crippen molar-refractivity contribution >= 4 is 0 Å². The summed E-state index contributed by atoms with van der Waals surface area (Å²) < 4.78 is 0. The molecule has 0 aromatic rings. The van der Waals surface area contributed by atoms with E-state index in [0.29, 0.717) is 12.1 Å². The Balaban J connectivity index is 3.07. The van der Waals surface area contributed by atoms with Gasteiger partial charge in [0.05, 0.1) is 0 Å². The van der Waals surface area contributed by atoms with Crippen LogP contribution in [0.25, 0.3) is 0 Å². The van der Waals surface area contributed by atoms with Crippen LogP contribution in [0.15, 0.2) is 0 Å². The summed E-state index contributed by atoms with van der Waals surface area (Å²) in [6.45, 7) is 9.17. The van der Waals surface area contributed by atoms with Crippen molar-refractivity contribution in [3.63, 3.8) is 0 Å². The van der Waals surface area contributed by atoms with Crippen molar-refractivity contribution in [1.29, 1.82) is 0 Å².